The van der Waals surface area contributed by atoms with Crippen LogP contribution in [-0.4, -0.2) is 55.7 Å². The number of alkyl halides is 3. The third kappa shape index (κ3) is 7.55. The normalized spacial score (nSPS) is 17.8. The molecule has 1 unspecified atom stereocenters. The summed E-state index contributed by atoms with van der Waals surface area (Å²) in [6.07, 6.45) is 12.5. The van der Waals surface area contributed by atoms with Gasteiger partial charge in [-0.05, 0) is 45.3 Å². The minimum Gasteiger partial charge on any atom is -0.307 e. The molecule has 0 saturated carbocycles. The molecule has 0 bridgehead atoms. The van der Waals surface area contributed by atoms with Crippen molar-refractivity contribution >= 4 is 24.9 Å². The summed E-state index contributed by atoms with van der Waals surface area (Å²) in [5, 5.41) is 0.820. The van der Waals surface area contributed by atoms with Gasteiger partial charge in [-0.15, -0.1) is 0 Å². The van der Waals surface area contributed by atoms with Crippen molar-refractivity contribution in [2.45, 2.75) is 84.4 Å². The van der Waals surface area contributed by atoms with Gasteiger partial charge >= 0.3 is 23.1 Å². The van der Waals surface area contributed by atoms with Crippen LogP contribution >= 0.6 is 14.9 Å². The lowest BCUT2D eigenvalue weighted by atomic mass is 10.4. The van der Waals surface area contributed by atoms with Gasteiger partial charge in [0.15, 0.2) is 5.78 Å². The maximum absolute atomic E-state index is 13.7. The van der Waals surface area contributed by atoms with E-state index >= 15 is 0 Å². The first-order chi connectivity index (χ1) is 15.9. The van der Waals surface area contributed by atoms with Crippen LogP contribution < -0.4 is 0 Å². The van der Waals surface area contributed by atoms with Crippen LogP contribution in [0.25, 0.3) is 0 Å². The summed E-state index contributed by atoms with van der Waals surface area (Å²) in [6, 6.07) is 0. The zero-order chi connectivity index (χ0) is 26.0. The second kappa shape index (κ2) is 13.8. The second-order valence-corrected chi connectivity index (χ2v) is 16.5. The molecule has 0 saturated heterocycles. The molecule has 1 atom stereocenters. The van der Waals surface area contributed by atoms with E-state index < -0.39 is 36.2 Å². The Kier molecular flexibility index (Phi) is 12.8. The van der Waals surface area contributed by atoms with Crippen LogP contribution in [0.3, 0.4) is 0 Å². The predicted octanol–water partition coefficient (Wildman–Crippen LogP) is 7.56. The molecule has 1 aliphatic heterocycles. The quantitative estimate of drug-likeness (QED) is 0.186. The molecule has 0 radical (unpaired) electrons. The highest BCUT2D eigenvalue weighted by Gasteiger charge is 2.56. The van der Waals surface area contributed by atoms with Crippen LogP contribution in [0, 0.1) is 0 Å². The topological polar surface area (TPSA) is 72.9 Å². The van der Waals surface area contributed by atoms with Crippen molar-refractivity contribution in [2.24, 2.45) is 0 Å². The Labute approximate surface area is 204 Å². The molecule has 0 aliphatic carbocycles. The standard InChI is InChI=1S/C22H41F3NO5P2S/c1-6-11-16-32(17-12-7-2,18-13-8-3)20-14-15-26(34(28,29)22(23,24)25)21(19-20)33(27,30-9-4)31-10-5/h14-15,19,21H,6-13,16-18H2,1-5H3/q+1. The molecule has 1 aliphatic rings. The second-order valence-electron chi connectivity index (χ2n) is 8.35. The van der Waals surface area contributed by atoms with Crippen LogP contribution in [0.2, 0.25) is 0 Å². The lowest BCUT2D eigenvalue weighted by Gasteiger charge is -2.37. The van der Waals surface area contributed by atoms with Gasteiger partial charge in [0, 0.05) is 13.5 Å². The van der Waals surface area contributed by atoms with E-state index in [1.165, 1.54) is 12.2 Å². The summed E-state index contributed by atoms with van der Waals surface area (Å²) in [7, 11) is -11.9. The maximum atomic E-state index is 13.7. The van der Waals surface area contributed by atoms with E-state index in [9.17, 15) is 26.2 Å². The van der Waals surface area contributed by atoms with Crippen molar-refractivity contribution < 1.29 is 35.2 Å². The highest BCUT2D eigenvalue weighted by atomic mass is 32.2. The smallest absolute Gasteiger partial charge is 0.307 e. The lowest BCUT2D eigenvalue weighted by Crippen LogP contribution is -2.44. The molecule has 6 nitrogen and oxygen atoms in total. The fourth-order valence-corrected chi connectivity index (χ4v) is 12.6. The van der Waals surface area contributed by atoms with E-state index in [4.69, 9.17) is 9.05 Å². The third-order valence-corrected chi connectivity index (χ3v) is 14.7. The van der Waals surface area contributed by atoms with Gasteiger partial charge in [0.1, 0.15) is 0 Å². The molecular formula is C22H41F3NO5P2S+. The Bertz CT molecular complexity index is 814. The van der Waals surface area contributed by atoms with E-state index in [2.05, 4.69) is 20.8 Å². The number of hydrogen-bond acceptors (Lipinski definition) is 5. The first-order valence-corrected chi connectivity index (χ1v) is 17.5. The first-order valence-electron chi connectivity index (χ1n) is 12.1. The van der Waals surface area contributed by atoms with Crippen LogP contribution in [0.15, 0.2) is 23.7 Å². The summed E-state index contributed by atoms with van der Waals surface area (Å²) < 4.78 is 90.0. The van der Waals surface area contributed by atoms with Gasteiger partial charge < -0.3 is 9.05 Å². The molecule has 0 N–H and O–H groups in total. The molecule has 0 aromatic heterocycles. The third-order valence-electron chi connectivity index (χ3n) is 5.85. The van der Waals surface area contributed by atoms with E-state index in [0.29, 0.717) is 0 Å². The fourth-order valence-electron chi connectivity index (χ4n) is 4.06. The maximum Gasteiger partial charge on any atom is 0.516 e. The Balaban J connectivity index is 3.76. The first kappa shape index (κ1) is 31.6. The average Bonchev–Trinajstić information content (AvgIpc) is 2.78. The summed E-state index contributed by atoms with van der Waals surface area (Å²) in [4.78, 5) is 0. The summed E-state index contributed by atoms with van der Waals surface area (Å²) in [6.45, 7) is 9.18. The summed E-state index contributed by atoms with van der Waals surface area (Å²) in [5.41, 5.74) is -5.55. The van der Waals surface area contributed by atoms with Crippen molar-refractivity contribution in [1.29, 1.82) is 0 Å². The number of rotatable bonds is 16. The number of sulfonamides is 1. The SMILES string of the molecule is CCCC[P+](CCCC)(CCCC)C1=CC(P(=O)(OCC)OCC)N(S(=O)(=O)C(F)(F)F)C=C1. The zero-order valence-corrected chi connectivity index (χ0v) is 23.6. The largest absolute Gasteiger partial charge is 0.516 e. The Hall–Kier alpha value is -0.400. The van der Waals surface area contributed by atoms with Crippen LogP contribution in [-0.2, 0) is 23.6 Å². The molecule has 12 heteroatoms. The molecule has 0 spiro atoms. The Morgan fingerprint density at radius 3 is 1.74 bits per heavy atom. The van der Waals surface area contributed by atoms with Gasteiger partial charge in [-0.25, -0.2) is 0 Å². The predicted molar refractivity (Wildman–Crippen MR) is 135 cm³/mol. The highest BCUT2D eigenvalue weighted by molar-refractivity contribution is 7.90. The Morgan fingerprint density at radius 1 is 0.941 bits per heavy atom. The van der Waals surface area contributed by atoms with Gasteiger partial charge in [-0.3, -0.25) is 8.87 Å². The molecule has 0 fully saturated rings. The molecule has 34 heavy (non-hydrogen) atoms. The Morgan fingerprint density at radius 2 is 1.38 bits per heavy atom. The summed E-state index contributed by atoms with van der Waals surface area (Å²) in [5.74, 6) is -1.71. The number of unbranched alkanes of at least 4 members (excludes halogenated alkanes) is 3. The van der Waals surface area contributed by atoms with Crippen molar-refractivity contribution in [1.82, 2.24) is 4.31 Å². The van der Waals surface area contributed by atoms with E-state index in [1.54, 1.807) is 13.8 Å². The average molecular weight is 551 g/mol. The highest BCUT2D eigenvalue weighted by Crippen LogP contribution is 2.70. The van der Waals surface area contributed by atoms with Crippen LogP contribution in [0.1, 0.15) is 73.1 Å². The molecule has 1 rings (SSSR count). The van der Waals surface area contributed by atoms with E-state index in [-0.39, 0.29) is 17.5 Å². The van der Waals surface area contributed by atoms with Gasteiger partial charge in [-0.1, -0.05) is 40.0 Å². The van der Waals surface area contributed by atoms with Crippen LogP contribution in [0.4, 0.5) is 13.2 Å². The van der Waals surface area contributed by atoms with E-state index in [0.717, 1.165) is 68.5 Å². The molecule has 1 heterocycles. The minimum atomic E-state index is -5.81. The summed E-state index contributed by atoms with van der Waals surface area (Å²) >= 11 is 0. The van der Waals surface area contributed by atoms with E-state index in [1.807, 2.05) is 0 Å². The van der Waals surface area contributed by atoms with Gasteiger partial charge in [0.05, 0.1) is 37.0 Å². The number of allylic oxidation sites excluding steroid dienone is 2. The van der Waals surface area contributed by atoms with Crippen molar-refractivity contribution in [3.8, 4) is 0 Å². The van der Waals surface area contributed by atoms with Gasteiger partial charge in [-0.2, -0.15) is 21.6 Å². The number of nitrogens with zero attached hydrogens (tertiary/aromatic N) is 1. The van der Waals surface area contributed by atoms with Crippen LogP contribution in [0.5, 0.6) is 0 Å². The minimum absolute atomic E-state index is 0.0949. The molecule has 0 amide bonds. The van der Waals surface area contributed by atoms with Crippen molar-refractivity contribution in [2.75, 3.05) is 31.7 Å². The fraction of sp³-hybridized carbons (Fsp3) is 0.818. The van der Waals surface area contributed by atoms with Gasteiger partial charge in [0.2, 0.25) is 0 Å². The van der Waals surface area contributed by atoms with Crippen molar-refractivity contribution in [3.63, 3.8) is 0 Å². The molecule has 200 valence electrons. The molecule has 0 aromatic rings. The zero-order valence-electron chi connectivity index (χ0n) is 21.0. The molecule has 0 aromatic carbocycles. The van der Waals surface area contributed by atoms with Crippen molar-refractivity contribution in [3.05, 3.63) is 23.7 Å². The lowest BCUT2D eigenvalue weighted by molar-refractivity contribution is -0.0479. The monoisotopic (exact) mass is 550 g/mol. The van der Waals surface area contributed by atoms with Gasteiger partial charge in [0.25, 0.3) is 0 Å². The number of hydrogen-bond donors (Lipinski definition) is 0. The number of halogens is 3. The molecular weight excluding hydrogens is 509 g/mol.